The van der Waals surface area contributed by atoms with E-state index in [1.807, 2.05) is 0 Å². The van der Waals surface area contributed by atoms with E-state index in [1.165, 1.54) is 6.92 Å². The number of nitrogens with one attached hydrogen (secondary N) is 8. The lowest BCUT2D eigenvalue weighted by atomic mass is 9.97. The summed E-state index contributed by atoms with van der Waals surface area (Å²) >= 11 is 0. The predicted molar refractivity (Wildman–Crippen MR) is 250 cm³/mol. The number of aliphatic hydroxyl groups excluding tert-OH is 2. The van der Waals surface area contributed by atoms with E-state index in [0.717, 1.165) is 6.92 Å². The number of carbonyl (C=O) groups excluding carboxylic acids is 9. The SMILES string of the molecule is CC[C@H](C)[C@H](NC(=O)CNC(=O)[C@@H](N)[C@@H](C)O)C(=O)N[C@@H](Cc1ccccc1)C(=O)N[C@H](C(=O)N[C@@H](CC(=O)O)C(=O)N[C@@H](CCC(N)=O)C(=O)N[C@H](C(=O)N[C@@H](CC(C)C)C(=O)O)C(C)C)[C@@H](C)O. The highest BCUT2D eigenvalue weighted by atomic mass is 16.4. The maximum atomic E-state index is 14.1. The standard InChI is InChI=1S/C45H72N10O15/c1-9-23(6)36(53-32(59)20-48-41(65)34(47)24(7)56)43(67)50-28(18-26-13-11-10-12-14-26)40(64)55-37(25(8)57)44(68)51-29(19-33(60)61)39(63)49-27(15-16-31(46)58)38(62)54-35(22(4)5)42(66)52-30(45(69)70)17-21(2)3/h10-14,21-25,27-30,34-37,56-57H,9,15-20,47H2,1-8H3,(H2,46,58)(H,48,65)(H,49,63)(H,50,67)(H,51,68)(H,52,66)(H,53,59)(H,54,62)(H,55,64)(H,60,61)(H,69,70)/t23-,24+,25+,27-,28-,29-,30-,34-,35-,36-,37-/m0/s1. The Kier molecular flexibility index (Phi) is 26.3. The third kappa shape index (κ3) is 21.7. The normalized spacial score (nSPS) is 15.9. The lowest BCUT2D eigenvalue weighted by Gasteiger charge is -2.29. The topological polar surface area (TPSA) is 417 Å². The number of rotatable bonds is 31. The summed E-state index contributed by atoms with van der Waals surface area (Å²) in [5.74, 6) is -13.2. The van der Waals surface area contributed by atoms with Gasteiger partial charge in [-0.05, 0) is 50.0 Å². The number of carbonyl (C=O) groups is 11. The number of aliphatic carboxylic acids is 2. The number of hydrogen-bond donors (Lipinski definition) is 14. The summed E-state index contributed by atoms with van der Waals surface area (Å²) in [4.78, 5) is 143. The number of nitrogens with two attached hydrogens (primary N) is 2. The molecule has 11 atom stereocenters. The second-order valence-corrected chi connectivity index (χ2v) is 17.9. The Morgan fingerprint density at radius 3 is 1.59 bits per heavy atom. The van der Waals surface area contributed by atoms with Crippen molar-refractivity contribution in [3.8, 4) is 0 Å². The molecular formula is C45H72N10O15. The van der Waals surface area contributed by atoms with Gasteiger partial charge >= 0.3 is 11.9 Å². The Morgan fingerprint density at radius 2 is 1.09 bits per heavy atom. The summed E-state index contributed by atoms with van der Waals surface area (Å²) in [6.07, 6.45) is -4.82. The summed E-state index contributed by atoms with van der Waals surface area (Å²) in [6, 6.07) is -4.13. The molecule has 1 rings (SSSR count). The molecule has 1 aromatic carbocycles. The van der Waals surface area contributed by atoms with Crippen molar-refractivity contribution in [3.63, 3.8) is 0 Å². The van der Waals surface area contributed by atoms with Gasteiger partial charge in [0.05, 0.1) is 25.2 Å². The van der Waals surface area contributed by atoms with Crippen molar-refractivity contribution in [1.82, 2.24) is 42.5 Å². The third-order valence-corrected chi connectivity index (χ3v) is 10.9. The van der Waals surface area contributed by atoms with Crippen LogP contribution < -0.4 is 54.0 Å². The molecule has 0 aliphatic carbocycles. The molecule has 0 aliphatic heterocycles. The minimum Gasteiger partial charge on any atom is -0.481 e. The Hall–Kier alpha value is -6.73. The number of primary amides is 1. The fraction of sp³-hybridized carbons (Fsp3) is 0.622. The highest BCUT2D eigenvalue weighted by Crippen LogP contribution is 2.13. The summed E-state index contributed by atoms with van der Waals surface area (Å²) in [5.41, 5.74) is 11.4. The van der Waals surface area contributed by atoms with Gasteiger partial charge in [-0.15, -0.1) is 0 Å². The molecule has 25 nitrogen and oxygen atoms in total. The quantitative estimate of drug-likeness (QED) is 0.0342. The van der Waals surface area contributed by atoms with E-state index in [9.17, 15) is 73.2 Å². The highest BCUT2D eigenvalue weighted by molar-refractivity contribution is 5.99. The average molecular weight is 993 g/mol. The zero-order valence-corrected chi connectivity index (χ0v) is 40.8. The van der Waals surface area contributed by atoms with Crippen LogP contribution in [-0.4, -0.2) is 153 Å². The molecule has 9 amide bonds. The highest BCUT2D eigenvalue weighted by Gasteiger charge is 2.37. The van der Waals surface area contributed by atoms with Crippen molar-refractivity contribution in [2.45, 2.75) is 154 Å². The van der Waals surface area contributed by atoms with Crippen LogP contribution in [0.5, 0.6) is 0 Å². The third-order valence-electron chi connectivity index (χ3n) is 10.9. The van der Waals surface area contributed by atoms with Gasteiger partial charge in [0.1, 0.15) is 48.3 Å². The van der Waals surface area contributed by atoms with Crippen LogP contribution in [0.15, 0.2) is 30.3 Å². The molecule has 392 valence electrons. The van der Waals surface area contributed by atoms with Gasteiger partial charge in [-0.2, -0.15) is 0 Å². The van der Waals surface area contributed by atoms with E-state index >= 15 is 0 Å². The second kappa shape index (κ2) is 30.0. The van der Waals surface area contributed by atoms with Crippen LogP contribution in [0.25, 0.3) is 0 Å². The number of amides is 9. The zero-order chi connectivity index (χ0) is 53.6. The molecule has 0 aliphatic rings. The van der Waals surface area contributed by atoms with Crippen molar-refractivity contribution in [2.24, 2.45) is 29.2 Å². The lowest BCUT2D eigenvalue weighted by Crippen LogP contribution is -2.62. The van der Waals surface area contributed by atoms with E-state index in [4.69, 9.17) is 11.5 Å². The molecule has 16 N–H and O–H groups in total. The van der Waals surface area contributed by atoms with Gasteiger partial charge in [0.25, 0.3) is 0 Å². The number of carboxylic acid groups (broad SMARTS) is 2. The van der Waals surface area contributed by atoms with Gasteiger partial charge in [0.15, 0.2) is 0 Å². The molecule has 0 aromatic heterocycles. The fourth-order valence-corrected chi connectivity index (χ4v) is 6.63. The zero-order valence-electron chi connectivity index (χ0n) is 40.8. The van der Waals surface area contributed by atoms with Crippen molar-refractivity contribution in [1.29, 1.82) is 0 Å². The van der Waals surface area contributed by atoms with Gasteiger partial charge in [-0.1, -0.05) is 78.3 Å². The smallest absolute Gasteiger partial charge is 0.326 e. The van der Waals surface area contributed by atoms with Crippen LogP contribution in [0, 0.1) is 17.8 Å². The Bertz CT molecular complexity index is 1980. The first kappa shape index (κ1) is 61.3. The molecule has 0 radical (unpaired) electrons. The van der Waals surface area contributed by atoms with Gasteiger partial charge < -0.3 is 74.4 Å². The molecule has 0 saturated carbocycles. The first-order chi connectivity index (χ1) is 32.6. The van der Waals surface area contributed by atoms with E-state index < -0.39 is 163 Å². The number of hydrogen-bond acceptors (Lipinski definition) is 14. The average Bonchev–Trinajstić information content (AvgIpc) is 3.27. The molecule has 0 unspecified atom stereocenters. The fourth-order valence-electron chi connectivity index (χ4n) is 6.63. The Labute approximate surface area is 406 Å². The number of carboxylic acids is 2. The number of benzene rings is 1. The minimum atomic E-state index is -2.00. The number of aliphatic hydroxyl groups is 2. The van der Waals surface area contributed by atoms with E-state index in [2.05, 4.69) is 42.5 Å². The van der Waals surface area contributed by atoms with Gasteiger partial charge in [0, 0.05) is 12.8 Å². The van der Waals surface area contributed by atoms with Crippen LogP contribution in [-0.2, 0) is 59.2 Å². The minimum absolute atomic E-state index is 0.0618. The predicted octanol–water partition coefficient (Wildman–Crippen LogP) is -3.60. The van der Waals surface area contributed by atoms with E-state index in [-0.39, 0.29) is 18.8 Å². The van der Waals surface area contributed by atoms with Crippen molar-refractivity contribution < 1.29 is 73.2 Å². The molecular weight excluding hydrogens is 921 g/mol. The van der Waals surface area contributed by atoms with Crippen molar-refractivity contribution >= 4 is 65.1 Å². The first-order valence-corrected chi connectivity index (χ1v) is 22.9. The molecule has 1 aromatic rings. The van der Waals surface area contributed by atoms with Gasteiger partial charge in [0.2, 0.25) is 53.2 Å². The van der Waals surface area contributed by atoms with Crippen LogP contribution in [0.1, 0.15) is 93.1 Å². The van der Waals surface area contributed by atoms with Crippen LogP contribution in [0.4, 0.5) is 0 Å². The molecule has 0 bridgehead atoms. The van der Waals surface area contributed by atoms with Crippen molar-refractivity contribution in [2.75, 3.05) is 6.54 Å². The first-order valence-electron chi connectivity index (χ1n) is 22.9. The molecule has 25 heteroatoms. The largest absolute Gasteiger partial charge is 0.481 e. The van der Waals surface area contributed by atoms with Crippen LogP contribution >= 0.6 is 0 Å². The summed E-state index contributed by atoms with van der Waals surface area (Å²) in [5, 5.41) is 58.7. The van der Waals surface area contributed by atoms with Crippen molar-refractivity contribution in [3.05, 3.63) is 35.9 Å². The van der Waals surface area contributed by atoms with Crippen LogP contribution in [0.2, 0.25) is 0 Å². The molecule has 0 saturated heterocycles. The van der Waals surface area contributed by atoms with E-state index in [1.54, 1.807) is 71.9 Å². The van der Waals surface area contributed by atoms with Gasteiger partial charge in [-0.25, -0.2) is 4.79 Å². The second-order valence-electron chi connectivity index (χ2n) is 17.9. The summed E-state index contributed by atoms with van der Waals surface area (Å²) in [7, 11) is 0. The maximum Gasteiger partial charge on any atom is 0.326 e. The van der Waals surface area contributed by atoms with E-state index in [0.29, 0.717) is 12.0 Å². The summed E-state index contributed by atoms with van der Waals surface area (Å²) < 4.78 is 0. The lowest BCUT2D eigenvalue weighted by molar-refractivity contribution is -0.143. The van der Waals surface area contributed by atoms with Gasteiger partial charge in [-0.3, -0.25) is 47.9 Å². The molecule has 70 heavy (non-hydrogen) atoms. The monoisotopic (exact) mass is 993 g/mol. The molecule has 0 heterocycles. The molecule has 0 spiro atoms. The molecule has 0 fully saturated rings. The summed E-state index contributed by atoms with van der Waals surface area (Å²) in [6.45, 7) is 11.7. The Morgan fingerprint density at radius 1 is 0.586 bits per heavy atom. The maximum absolute atomic E-state index is 14.1. The van der Waals surface area contributed by atoms with Crippen LogP contribution in [0.3, 0.4) is 0 Å². The Balaban J connectivity index is 3.46.